The Balaban J connectivity index is 1.55. The summed E-state index contributed by atoms with van der Waals surface area (Å²) in [5.41, 5.74) is 0.773. The van der Waals surface area contributed by atoms with Crippen LogP contribution in [0.25, 0.3) is 15.3 Å². The molecule has 0 aliphatic carbocycles. The zero-order chi connectivity index (χ0) is 24.4. The van der Waals surface area contributed by atoms with Crippen LogP contribution in [-0.4, -0.2) is 55.3 Å². The molecule has 0 saturated carbocycles. The molecule has 180 valence electrons. The molecule has 0 radical (unpaired) electrons. The summed E-state index contributed by atoms with van der Waals surface area (Å²) in [6.45, 7) is 6.71. The van der Waals surface area contributed by atoms with Crippen molar-refractivity contribution >= 4 is 36.3 Å². The van der Waals surface area contributed by atoms with Crippen LogP contribution in [0.4, 0.5) is 0 Å². The fraction of sp³-hybridized carbons (Fsp3) is 0.400. The molecule has 1 aliphatic heterocycles. The van der Waals surface area contributed by atoms with Gasteiger partial charge >= 0.3 is 192 Å². The SMILES string of the molecule is CC(=O)OCC1O[C@@H](Oc2ccc(-n3[se]c4ccccc4c3=O)cc2)C(OC(C)=O)[C@@H](C)[C@@H]1C. The van der Waals surface area contributed by atoms with Gasteiger partial charge in [0.2, 0.25) is 0 Å². The molecule has 0 spiro atoms. The van der Waals surface area contributed by atoms with Gasteiger partial charge in [-0.25, -0.2) is 0 Å². The van der Waals surface area contributed by atoms with E-state index in [4.69, 9.17) is 18.9 Å². The average Bonchev–Trinajstić information content (AvgIpc) is 3.14. The van der Waals surface area contributed by atoms with Crippen LogP contribution >= 0.6 is 0 Å². The van der Waals surface area contributed by atoms with Gasteiger partial charge in [-0.2, -0.15) is 0 Å². The molecule has 9 heteroatoms. The van der Waals surface area contributed by atoms with E-state index in [0.717, 1.165) is 15.3 Å². The van der Waals surface area contributed by atoms with Gasteiger partial charge in [0.15, 0.2) is 0 Å². The van der Waals surface area contributed by atoms with Gasteiger partial charge in [0, 0.05) is 6.92 Å². The molecule has 4 rings (SSSR count). The summed E-state index contributed by atoms with van der Waals surface area (Å²) in [6, 6.07) is 14.8. The normalized spacial score (nSPS) is 24.5. The van der Waals surface area contributed by atoms with E-state index >= 15 is 0 Å². The Kier molecular flexibility index (Phi) is 7.26. The molecule has 0 bridgehead atoms. The van der Waals surface area contributed by atoms with Crippen molar-refractivity contribution in [2.24, 2.45) is 11.8 Å². The van der Waals surface area contributed by atoms with E-state index in [-0.39, 0.29) is 44.7 Å². The molecular formula is C25H27NO7Se. The number of aromatic nitrogens is 1. The van der Waals surface area contributed by atoms with E-state index in [1.807, 2.05) is 50.2 Å². The van der Waals surface area contributed by atoms with Crippen LogP contribution < -0.4 is 10.3 Å². The maximum atomic E-state index is 12.8. The van der Waals surface area contributed by atoms with Gasteiger partial charge in [0.1, 0.15) is 0 Å². The summed E-state index contributed by atoms with van der Waals surface area (Å²) in [4.78, 5) is 35.8. The maximum absolute atomic E-state index is 12.8. The summed E-state index contributed by atoms with van der Waals surface area (Å²) in [5.74, 6) is -0.430. The third-order valence-corrected chi connectivity index (χ3v) is 8.41. The molecule has 1 saturated heterocycles. The van der Waals surface area contributed by atoms with Crippen molar-refractivity contribution in [2.45, 2.75) is 46.2 Å². The van der Waals surface area contributed by atoms with Gasteiger partial charge in [-0.3, -0.25) is 4.79 Å². The number of nitrogens with zero attached hydrogens (tertiary/aromatic N) is 1. The van der Waals surface area contributed by atoms with Gasteiger partial charge in [-0.1, -0.05) is 0 Å². The first kappa shape index (κ1) is 24.3. The van der Waals surface area contributed by atoms with E-state index in [2.05, 4.69) is 0 Å². The zero-order valence-electron chi connectivity index (χ0n) is 19.4. The number of esters is 2. The molecule has 1 fully saturated rings. The molecule has 0 N–H and O–H groups in total. The summed E-state index contributed by atoms with van der Waals surface area (Å²) < 4.78 is 25.7. The van der Waals surface area contributed by atoms with Gasteiger partial charge < -0.3 is 0 Å². The number of rotatable bonds is 6. The number of hydrogen-bond acceptors (Lipinski definition) is 7. The van der Waals surface area contributed by atoms with Crippen LogP contribution in [-0.2, 0) is 23.8 Å². The fourth-order valence-electron chi connectivity index (χ4n) is 4.04. The summed E-state index contributed by atoms with van der Waals surface area (Å²) in [6.07, 6.45) is -1.90. The third kappa shape index (κ3) is 5.11. The fourth-order valence-corrected chi connectivity index (χ4v) is 6.13. The first-order valence-corrected chi connectivity index (χ1v) is 12.7. The molecule has 0 amide bonds. The molecule has 8 nitrogen and oxygen atoms in total. The van der Waals surface area contributed by atoms with Crippen LogP contribution in [0.3, 0.4) is 0 Å². The van der Waals surface area contributed by atoms with E-state index in [9.17, 15) is 14.4 Å². The predicted octanol–water partition coefficient (Wildman–Crippen LogP) is 2.92. The Labute approximate surface area is 203 Å². The third-order valence-electron chi connectivity index (χ3n) is 6.08. The van der Waals surface area contributed by atoms with Crippen molar-refractivity contribution in [1.29, 1.82) is 0 Å². The number of ether oxygens (including phenoxy) is 4. The van der Waals surface area contributed by atoms with Crippen LogP contribution in [0.15, 0.2) is 53.3 Å². The Hall–Kier alpha value is -2.87. The number of carbonyl (C=O) groups is 2. The Bertz CT molecular complexity index is 1230. The minimum atomic E-state index is -0.872. The average molecular weight is 532 g/mol. The van der Waals surface area contributed by atoms with Crippen molar-refractivity contribution in [3.05, 3.63) is 58.9 Å². The molecule has 1 aromatic heterocycles. The van der Waals surface area contributed by atoms with Gasteiger partial charge in [-0.05, 0) is 0 Å². The molecule has 2 aromatic carbocycles. The number of fused-ring (bicyclic) bond motifs is 1. The monoisotopic (exact) mass is 533 g/mol. The summed E-state index contributed by atoms with van der Waals surface area (Å²) in [7, 11) is 0. The number of carbonyl (C=O) groups excluding carboxylic acids is 2. The first-order valence-electron chi connectivity index (χ1n) is 11.1. The standard InChI is InChI=1S/C25H27NO7Se/c1-14-15(2)23(31-17(4)28)25(33-21(14)13-30-16(3)27)32-19-11-9-18(10-12-19)26-24(29)20-7-5-6-8-22(20)34-26/h5-12,14-15,21,23,25H,13H2,1-4H3/t14-,15-,21?,23?,25+/m0/s1. The topological polar surface area (TPSA) is 93.1 Å². The quantitative estimate of drug-likeness (QED) is 0.356. The second-order valence-corrected chi connectivity index (χ2v) is 10.5. The van der Waals surface area contributed by atoms with Crippen LogP contribution in [0.1, 0.15) is 27.7 Å². The van der Waals surface area contributed by atoms with Crippen molar-refractivity contribution in [3.63, 3.8) is 0 Å². The van der Waals surface area contributed by atoms with Crippen molar-refractivity contribution in [2.75, 3.05) is 6.61 Å². The van der Waals surface area contributed by atoms with E-state index in [1.165, 1.54) is 13.8 Å². The Morgan fingerprint density at radius 1 is 1.00 bits per heavy atom. The molecule has 2 unspecified atom stereocenters. The summed E-state index contributed by atoms with van der Waals surface area (Å²) >= 11 is -0.127. The van der Waals surface area contributed by atoms with Crippen molar-refractivity contribution in [3.8, 4) is 11.4 Å². The number of hydrogen-bond donors (Lipinski definition) is 0. The van der Waals surface area contributed by atoms with E-state index < -0.39 is 24.5 Å². The summed E-state index contributed by atoms with van der Waals surface area (Å²) in [5, 5.41) is 0.740. The van der Waals surface area contributed by atoms with E-state index in [1.54, 1.807) is 15.7 Å². The molecule has 2 heterocycles. The van der Waals surface area contributed by atoms with Crippen LogP contribution in [0.5, 0.6) is 5.75 Å². The minimum absolute atomic E-state index is 0.00840. The van der Waals surface area contributed by atoms with Gasteiger partial charge in [0.25, 0.3) is 0 Å². The molecule has 34 heavy (non-hydrogen) atoms. The predicted molar refractivity (Wildman–Crippen MR) is 126 cm³/mol. The molecule has 1 aliphatic rings. The van der Waals surface area contributed by atoms with Gasteiger partial charge in [-0.15, -0.1) is 0 Å². The van der Waals surface area contributed by atoms with Gasteiger partial charge in [0.05, 0.1) is 0 Å². The second kappa shape index (κ2) is 10.2. The van der Waals surface area contributed by atoms with Crippen LogP contribution in [0, 0.1) is 11.8 Å². The Morgan fingerprint density at radius 3 is 2.35 bits per heavy atom. The molecule has 5 atom stereocenters. The number of benzene rings is 2. The van der Waals surface area contributed by atoms with E-state index in [0.29, 0.717) is 5.75 Å². The molecule has 3 aromatic rings. The second-order valence-electron chi connectivity index (χ2n) is 8.44. The Morgan fingerprint density at radius 2 is 1.71 bits per heavy atom. The zero-order valence-corrected chi connectivity index (χ0v) is 21.1. The first-order chi connectivity index (χ1) is 16.2. The van der Waals surface area contributed by atoms with Crippen molar-refractivity contribution < 1.29 is 28.5 Å². The van der Waals surface area contributed by atoms with Crippen LogP contribution in [0.2, 0.25) is 0 Å². The van der Waals surface area contributed by atoms with Crippen molar-refractivity contribution in [1.82, 2.24) is 3.56 Å². The molecular weight excluding hydrogens is 505 g/mol.